The van der Waals surface area contributed by atoms with Gasteiger partial charge in [0.25, 0.3) is 0 Å². The first-order valence-corrected chi connectivity index (χ1v) is 4.52. The molecule has 0 amide bonds. The molecule has 82 valence electrons. The summed E-state index contributed by atoms with van der Waals surface area (Å²) in [6.07, 6.45) is 2.44. The Labute approximate surface area is 88.7 Å². The fourth-order valence-corrected chi connectivity index (χ4v) is 1.08. The van der Waals surface area contributed by atoms with Crippen LogP contribution in [0.2, 0.25) is 0 Å². The molecule has 6 heteroatoms. The fourth-order valence-electron chi connectivity index (χ4n) is 1.08. The van der Waals surface area contributed by atoms with Crippen LogP contribution in [0.4, 0.5) is 11.5 Å². The van der Waals surface area contributed by atoms with Crippen LogP contribution >= 0.6 is 0 Å². The Morgan fingerprint density at radius 2 is 2.07 bits per heavy atom. The van der Waals surface area contributed by atoms with Crippen LogP contribution in [0.3, 0.4) is 0 Å². The van der Waals surface area contributed by atoms with Gasteiger partial charge in [-0.05, 0) is 25.0 Å². The second-order valence-corrected chi connectivity index (χ2v) is 2.72. The number of hydrogen-bond acceptors (Lipinski definition) is 6. The predicted molar refractivity (Wildman–Crippen MR) is 56.7 cm³/mol. The number of nitrogens with two attached hydrogens (primary N) is 2. The van der Waals surface area contributed by atoms with Gasteiger partial charge in [-0.25, -0.2) is 4.98 Å². The van der Waals surface area contributed by atoms with Gasteiger partial charge in [0.1, 0.15) is 5.82 Å². The van der Waals surface area contributed by atoms with Gasteiger partial charge >= 0.3 is 0 Å². The van der Waals surface area contributed by atoms with E-state index < -0.39 is 0 Å². The molecule has 0 bridgehead atoms. The van der Waals surface area contributed by atoms with Crippen molar-refractivity contribution in [3.8, 4) is 0 Å². The first-order chi connectivity index (χ1) is 7.25. The minimum atomic E-state index is 0.397. The van der Waals surface area contributed by atoms with Crippen molar-refractivity contribution in [2.45, 2.75) is 13.3 Å². The van der Waals surface area contributed by atoms with Crippen LogP contribution in [0.15, 0.2) is 12.3 Å². The number of hydrogen-bond donors (Lipinski definition) is 2. The molecule has 1 heterocycles. The molecule has 1 aromatic rings. The Balaban J connectivity index is 0.000000921. The van der Waals surface area contributed by atoms with Crippen molar-refractivity contribution in [3.05, 3.63) is 17.8 Å². The monoisotopic (exact) mass is 209 g/mol. The average Bonchev–Trinajstić information content (AvgIpc) is 2.27. The summed E-state index contributed by atoms with van der Waals surface area (Å²) in [5.74, 6) is 0.397. The zero-order valence-electron chi connectivity index (χ0n) is 8.68. The summed E-state index contributed by atoms with van der Waals surface area (Å²) in [4.78, 5) is 3.88. The second-order valence-electron chi connectivity index (χ2n) is 2.72. The van der Waals surface area contributed by atoms with Crippen molar-refractivity contribution in [1.29, 1.82) is 10.8 Å². The molecule has 0 aliphatic rings. The molecular formula is C9H15N5O. The third-order valence-electron chi connectivity index (χ3n) is 1.83. The van der Waals surface area contributed by atoms with Crippen LogP contribution in [0, 0.1) is 10.8 Å². The highest BCUT2D eigenvalue weighted by atomic mass is 16.5. The molecule has 0 atom stereocenters. The van der Waals surface area contributed by atoms with E-state index in [0.29, 0.717) is 18.1 Å². The lowest BCUT2D eigenvalue weighted by atomic mass is 10.1. The number of anilines is 2. The molecule has 0 spiro atoms. The smallest absolute Gasteiger partial charge is 0.146 e. The average molecular weight is 209 g/mol. The summed E-state index contributed by atoms with van der Waals surface area (Å²) in [5.41, 5.74) is 12.8. The normalized spacial score (nSPS) is 9.00. The van der Waals surface area contributed by atoms with E-state index in [4.69, 9.17) is 27.0 Å². The molecule has 1 aromatic heterocycles. The molecule has 0 saturated heterocycles. The lowest BCUT2D eigenvalue weighted by molar-refractivity contribution is 0.151. The minimum Gasteiger partial charge on any atom is -0.396 e. The largest absolute Gasteiger partial charge is 0.396 e. The third kappa shape index (κ3) is 4.24. The van der Waals surface area contributed by atoms with E-state index in [1.54, 1.807) is 6.20 Å². The topological polar surface area (TPSA) is 122 Å². The van der Waals surface area contributed by atoms with Gasteiger partial charge < -0.3 is 16.2 Å². The summed E-state index contributed by atoms with van der Waals surface area (Å²) in [6.45, 7) is 3.36. The number of aromatic nitrogens is 1. The fraction of sp³-hybridized carbons (Fsp3) is 0.444. The van der Waals surface area contributed by atoms with E-state index in [9.17, 15) is 0 Å². The van der Waals surface area contributed by atoms with Crippen molar-refractivity contribution in [2.75, 3.05) is 24.7 Å². The molecule has 0 radical (unpaired) electrons. The molecule has 0 saturated carbocycles. The zero-order chi connectivity index (χ0) is 11.7. The van der Waals surface area contributed by atoms with E-state index >= 15 is 0 Å². The van der Waals surface area contributed by atoms with Crippen LogP contribution in [0.1, 0.15) is 12.5 Å². The maximum atomic E-state index is 6.00. The van der Waals surface area contributed by atoms with E-state index in [1.165, 1.54) is 0 Å². The Hall–Kier alpha value is -1.87. The quantitative estimate of drug-likeness (QED) is 0.560. The molecule has 4 N–H and O–H groups in total. The highest BCUT2D eigenvalue weighted by Gasteiger charge is 2.02. The molecule has 1 rings (SSSR count). The highest BCUT2D eigenvalue weighted by Crippen LogP contribution is 2.16. The van der Waals surface area contributed by atoms with Gasteiger partial charge in [-0.15, -0.1) is 0 Å². The van der Waals surface area contributed by atoms with Crippen LogP contribution in [0.5, 0.6) is 0 Å². The van der Waals surface area contributed by atoms with Gasteiger partial charge in [0.05, 0.1) is 12.3 Å². The van der Waals surface area contributed by atoms with Gasteiger partial charge in [-0.1, -0.05) is 0 Å². The first-order valence-electron chi connectivity index (χ1n) is 4.52. The number of nitrogens with zero attached hydrogens (tertiary/aromatic N) is 3. The van der Waals surface area contributed by atoms with E-state index in [2.05, 4.69) is 4.98 Å². The minimum absolute atomic E-state index is 0.397. The number of rotatable bonds is 4. The van der Waals surface area contributed by atoms with Crippen LogP contribution < -0.4 is 11.5 Å². The summed E-state index contributed by atoms with van der Waals surface area (Å²) >= 11 is 0. The predicted octanol–water partition coefficient (Wildman–Crippen LogP) is 0.855. The molecule has 0 unspecified atom stereocenters. The maximum absolute atomic E-state index is 6.00. The molecular weight excluding hydrogens is 194 g/mol. The lowest BCUT2D eigenvalue weighted by Crippen LogP contribution is -2.05. The number of ether oxygens (including phenoxy) is 1. The van der Waals surface area contributed by atoms with E-state index in [1.807, 2.05) is 13.0 Å². The summed E-state index contributed by atoms with van der Waals surface area (Å²) < 4.78 is 5.22. The summed E-state index contributed by atoms with van der Waals surface area (Å²) in [6, 6.07) is 1.87. The van der Waals surface area contributed by atoms with Crippen molar-refractivity contribution >= 4 is 11.5 Å². The Kier molecular flexibility index (Phi) is 6.59. The highest BCUT2D eigenvalue weighted by molar-refractivity contribution is 5.62. The zero-order valence-corrected chi connectivity index (χ0v) is 8.68. The van der Waals surface area contributed by atoms with Crippen LogP contribution in [0.25, 0.3) is 0 Å². The van der Waals surface area contributed by atoms with Gasteiger partial charge in [-0.3, -0.25) is 0 Å². The van der Waals surface area contributed by atoms with Gasteiger partial charge in [0, 0.05) is 23.6 Å². The molecule has 0 fully saturated rings. The van der Waals surface area contributed by atoms with Crippen molar-refractivity contribution in [2.24, 2.45) is 0 Å². The Morgan fingerprint density at radius 3 is 2.67 bits per heavy atom. The van der Waals surface area contributed by atoms with E-state index in [-0.39, 0.29) is 0 Å². The first kappa shape index (κ1) is 13.1. The summed E-state index contributed by atoms with van der Waals surface area (Å²) in [5, 5.41) is 12.0. The maximum Gasteiger partial charge on any atom is 0.146 e. The SMILES string of the molecule is CCOCCc1ccnc(N)c1N.N#N. The van der Waals surface area contributed by atoms with E-state index in [0.717, 1.165) is 18.6 Å². The second kappa shape index (κ2) is 7.53. The summed E-state index contributed by atoms with van der Waals surface area (Å²) in [7, 11) is 0. The van der Waals surface area contributed by atoms with Crippen molar-refractivity contribution < 1.29 is 4.74 Å². The molecule has 0 aromatic carbocycles. The molecule has 0 aliphatic carbocycles. The molecule has 6 nitrogen and oxygen atoms in total. The van der Waals surface area contributed by atoms with Crippen molar-refractivity contribution in [3.63, 3.8) is 0 Å². The third-order valence-corrected chi connectivity index (χ3v) is 1.83. The van der Waals surface area contributed by atoms with Gasteiger partial charge in [-0.2, -0.15) is 0 Å². The molecule has 0 aliphatic heterocycles. The Morgan fingerprint density at radius 1 is 1.40 bits per heavy atom. The van der Waals surface area contributed by atoms with Crippen molar-refractivity contribution in [1.82, 2.24) is 4.98 Å². The Bertz CT molecular complexity index is 313. The van der Waals surface area contributed by atoms with Gasteiger partial charge in [0.2, 0.25) is 0 Å². The number of pyridine rings is 1. The van der Waals surface area contributed by atoms with Gasteiger partial charge in [0.15, 0.2) is 0 Å². The van der Waals surface area contributed by atoms with Crippen LogP contribution in [-0.2, 0) is 11.2 Å². The number of nitrogen functional groups attached to an aromatic ring is 2. The standard InChI is InChI=1S/C9H15N3O.N2/c1-2-13-6-4-7-3-5-12-9(11)8(7)10;1-2/h3,5H,2,4,6,10H2,1H3,(H2,11,12);. The molecule has 15 heavy (non-hydrogen) atoms. The lowest BCUT2D eigenvalue weighted by Gasteiger charge is -2.06. The van der Waals surface area contributed by atoms with Crippen LogP contribution in [-0.4, -0.2) is 18.2 Å².